The van der Waals surface area contributed by atoms with E-state index in [4.69, 9.17) is 10.9 Å². The summed E-state index contributed by atoms with van der Waals surface area (Å²) < 4.78 is 0. The standard InChI is InChI=1S/C12H20N4O2S/c1-4-8(9-14-6-7-19-9)15-11(17)12(3,5-2)10(13)16-18/h6-8,18H,4-5H2,1-3H3,(H2,13,16)(H,15,17). The van der Waals surface area contributed by atoms with Crippen LogP contribution in [0, 0.1) is 5.41 Å². The van der Waals surface area contributed by atoms with E-state index in [0.717, 1.165) is 11.4 Å². The van der Waals surface area contributed by atoms with E-state index in [0.29, 0.717) is 6.42 Å². The fourth-order valence-electron chi connectivity index (χ4n) is 1.63. The van der Waals surface area contributed by atoms with Gasteiger partial charge >= 0.3 is 0 Å². The van der Waals surface area contributed by atoms with Gasteiger partial charge in [-0.25, -0.2) is 4.98 Å². The van der Waals surface area contributed by atoms with Gasteiger partial charge in [0.15, 0.2) is 5.84 Å². The molecule has 0 fully saturated rings. The molecule has 6 nitrogen and oxygen atoms in total. The number of rotatable bonds is 6. The quantitative estimate of drug-likeness (QED) is 0.321. The number of hydrogen-bond donors (Lipinski definition) is 3. The molecule has 0 spiro atoms. The van der Waals surface area contributed by atoms with Gasteiger partial charge in [-0.15, -0.1) is 11.3 Å². The van der Waals surface area contributed by atoms with Crippen molar-refractivity contribution in [3.05, 3.63) is 16.6 Å². The summed E-state index contributed by atoms with van der Waals surface area (Å²) in [5.74, 6) is -0.339. The number of aromatic nitrogens is 1. The molecule has 1 aromatic heterocycles. The van der Waals surface area contributed by atoms with Crippen molar-refractivity contribution in [1.29, 1.82) is 0 Å². The lowest BCUT2D eigenvalue weighted by Crippen LogP contribution is -2.48. The Morgan fingerprint density at radius 3 is 2.79 bits per heavy atom. The Labute approximate surface area is 116 Å². The molecule has 1 heterocycles. The lowest BCUT2D eigenvalue weighted by Gasteiger charge is -2.27. The molecule has 1 rings (SSSR count). The van der Waals surface area contributed by atoms with E-state index < -0.39 is 5.41 Å². The molecule has 0 saturated heterocycles. The van der Waals surface area contributed by atoms with Crippen molar-refractivity contribution in [2.75, 3.05) is 0 Å². The molecule has 0 aliphatic carbocycles. The summed E-state index contributed by atoms with van der Waals surface area (Å²) in [6.45, 7) is 5.45. The molecule has 1 aromatic rings. The maximum atomic E-state index is 12.4. The SMILES string of the molecule is CCC(NC(=O)C(C)(CC)/C(N)=N/O)c1nccs1. The topological polar surface area (TPSA) is 101 Å². The summed E-state index contributed by atoms with van der Waals surface area (Å²) in [5, 5.41) is 17.4. The molecule has 2 unspecified atom stereocenters. The number of amides is 1. The van der Waals surface area contributed by atoms with Gasteiger partial charge < -0.3 is 16.3 Å². The lowest BCUT2D eigenvalue weighted by atomic mass is 9.85. The Morgan fingerprint density at radius 2 is 2.37 bits per heavy atom. The van der Waals surface area contributed by atoms with Crippen molar-refractivity contribution in [3.63, 3.8) is 0 Å². The van der Waals surface area contributed by atoms with Gasteiger partial charge in [-0.05, 0) is 19.8 Å². The number of nitrogens with two attached hydrogens (primary N) is 1. The third-order valence-corrected chi connectivity index (χ3v) is 4.23. The fraction of sp³-hybridized carbons (Fsp3) is 0.583. The Balaban J connectivity index is 2.88. The number of nitrogens with one attached hydrogen (secondary N) is 1. The summed E-state index contributed by atoms with van der Waals surface area (Å²) in [6, 6.07) is -0.148. The monoisotopic (exact) mass is 284 g/mol. The van der Waals surface area contributed by atoms with E-state index in [1.54, 1.807) is 13.1 Å². The highest BCUT2D eigenvalue weighted by molar-refractivity contribution is 7.09. The van der Waals surface area contributed by atoms with E-state index in [-0.39, 0.29) is 17.8 Å². The van der Waals surface area contributed by atoms with Gasteiger partial charge in [-0.1, -0.05) is 19.0 Å². The third-order valence-electron chi connectivity index (χ3n) is 3.34. The molecule has 1 amide bonds. The van der Waals surface area contributed by atoms with Gasteiger partial charge in [-0.3, -0.25) is 4.79 Å². The molecule has 0 radical (unpaired) electrons. The molecule has 4 N–H and O–H groups in total. The number of oxime groups is 1. The van der Waals surface area contributed by atoms with E-state index in [2.05, 4.69) is 15.5 Å². The van der Waals surface area contributed by atoms with Crippen LogP contribution in [0.4, 0.5) is 0 Å². The summed E-state index contributed by atoms with van der Waals surface area (Å²) in [6.07, 6.45) is 2.88. The minimum atomic E-state index is -1.01. The smallest absolute Gasteiger partial charge is 0.234 e. The fourth-order valence-corrected chi connectivity index (χ4v) is 2.40. The van der Waals surface area contributed by atoms with E-state index >= 15 is 0 Å². The summed E-state index contributed by atoms with van der Waals surface area (Å²) in [7, 11) is 0. The van der Waals surface area contributed by atoms with Gasteiger partial charge in [0.05, 0.1) is 6.04 Å². The lowest BCUT2D eigenvalue weighted by molar-refractivity contribution is -0.128. The minimum absolute atomic E-state index is 0.0820. The second-order valence-corrected chi connectivity index (χ2v) is 5.40. The highest BCUT2D eigenvalue weighted by Gasteiger charge is 2.37. The average Bonchev–Trinajstić information content (AvgIpc) is 2.96. The summed E-state index contributed by atoms with van der Waals surface area (Å²) in [5.41, 5.74) is 4.61. The van der Waals surface area contributed by atoms with Gasteiger partial charge in [0, 0.05) is 11.6 Å². The van der Waals surface area contributed by atoms with Gasteiger partial charge in [0.2, 0.25) is 5.91 Å². The van der Waals surface area contributed by atoms with Crippen LogP contribution in [0.1, 0.15) is 44.7 Å². The molecule has 0 bridgehead atoms. The number of hydrogen-bond acceptors (Lipinski definition) is 5. The molecule has 0 aliphatic heterocycles. The zero-order valence-electron chi connectivity index (χ0n) is 11.4. The number of carbonyl (C=O) groups excluding carboxylic acids is 1. The molecule has 7 heteroatoms. The molecule has 2 atom stereocenters. The Bertz CT molecular complexity index is 447. The van der Waals surface area contributed by atoms with Crippen molar-refractivity contribution in [3.8, 4) is 0 Å². The Morgan fingerprint density at radius 1 is 1.68 bits per heavy atom. The van der Waals surface area contributed by atoms with Crippen molar-refractivity contribution in [1.82, 2.24) is 10.3 Å². The van der Waals surface area contributed by atoms with Gasteiger partial charge in [0.25, 0.3) is 0 Å². The molecule has 0 aromatic carbocycles. The first kappa shape index (κ1) is 15.4. The number of amidine groups is 1. The molecular weight excluding hydrogens is 264 g/mol. The highest BCUT2D eigenvalue weighted by Crippen LogP contribution is 2.25. The first-order valence-electron chi connectivity index (χ1n) is 6.17. The second-order valence-electron chi connectivity index (χ2n) is 4.48. The molecular formula is C12H20N4O2S. The highest BCUT2D eigenvalue weighted by atomic mass is 32.1. The third kappa shape index (κ3) is 3.23. The van der Waals surface area contributed by atoms with Crippen LogP contribution in [-0.2, 0) is 4.79 Å². The van der Waals surface area contributed by atoms with Crippen LogP contribution in [0.15, 0.2) is 16.7 Å². The van der Waals surface area contributed by atoms with E-state index in [9.17, 15) is 4.79 Å². The van der Waals surface area contributed by atoms with Crippen LogP contribution in [0.25, 0.3) is 0 Å². The van der Waals surface area contributed by atoms with Crippen LogP contribution < -0.4 is 11.1 Å². The first-order valence-corrected chi connectivity index (χ1v) is 7.05. The molecule has 106 valence electrons. The largest absolute Gasteiger partial charge is 0.409 e. The average molecular weight is 284 g/mol. The zero-order chi connectivity index (χ0) is 14.5. The second kappa shape index (κ2) is 6.51. The predicted octanol–water partition coefficient (Wildman–Crippen LogP) is 1.87. The Hall–Kier alpha value is -1.63. The van der Waals surface area contributed by atoms with Crippen LogP contribution >= 0.6 is 11.3 Å². The van der Waals surface area contributed by atoms with Crippen molar-refractivity contribution < 1.29 is 10.0 Å². The minimum Gasteiger partial charge on any atom is -0.409 e. The number of nitrogens with zero attached hydrogens (tertiary/aromatic N) is 2. The number of thiazole rings is 1. The summed E-state index contributed by atoms with van der Waals surface area (Å²) >= 11 is 1.49. The van der Waals surface area contributed by atoms with E-state index in [1.165, 1.54) is 11.3 Å². The van der Waals surface area contributed by atoms with Crippen LogP contribution in [0.2, 0.25) is 0 Å². The van der Waals surface area contributed by atoms with Crippen molar-refractivity contribution >= 4 is 23.1 Å². The first-order chi connectivity index (χ1) is 8.99. The van der Waals surface area contributed by atoms with Crippen molar-refractivity contribution in [2.24, 2.45) is 16.3 Å². The summed E-state index contributed by atoms with van der Waals surface area (Å²) in [4.78, 5) is 16.6. The zero-order valence-corrected chi connectivity index (χ0v) is 12.2. The van der Waals surface area contributed by atoms with E-state index in [1.807, 2.05) is 19.2 Å². The predicted molar refractivity (Wildman–Crippen MR) is 75.1 cm³/mol. The normalized spacial score (nSPS) is 16.7. The Kier molecular flexibility index (Phi) is 5.29. The molecule has 0 saturated carbocycles. The van der Waals surface area contributed by atoms with Gasteiger partial charge in [0.1, 0.15) is 10.4 Å². The molecule has 19 heavy (non-hydrogen) atoms. The molecule has 0 aliphatic rings. The van der Waals surface area contributed by atoms with Gasteiger partial charge in [-0.2, -0.15) is 0 Å². The van der Waals surface area contributed by atoms with Crippen LogP contribution in [-0.4, -0.2) is 21.9 Å². The maximum absolute atomic E-state index is 12.4. The van der Waals surface area contributed by atoms with Crippen LogP contribution in [0.5, 0.6) is 0 Å². The number of carbonyl (C=O) groups is 1. The van der Waals surface area contributed by atoms with Crippen LogP contribution in [0.3, 0.4) is 0 Å². The maximum Gasteiger partial charge on any atom is 0.234 e. The van der Waals surface area contributed by atoms with Crippen molar-refractivity contribution in [2.45, 2.75) is 39.7 Å².